The second-order valence-corrected chi connectivity index (χ2v) is 6.31. The van der Waals surface area contributed by atoms with E-state index in [9.17, 15) is 4.39 Å². The quantitative estimate of drug-likeness (QED) is 0.723. The third kappa shape index (κ3) is 2.86. The third-order valence-corrected chi connectivity index (χ3v) is 4.64. The second kappa shape index (κ2) is 5.78. The SMILES string of the molecule is Cc1ccccc1CN1CC[C@H](c2nc3cc(F)ccc3o2)C1. The summed E-state index contributed by atoms with van der Waals surface area (Å²) in [5.41, 5.74) is 3.97. The first-order valence-electron chi connectivity index (χ1n) is 8.02. The Labute approximate surface area is 134 Å². The summed E-state index contributed by atoms with van der Waals surface area (Å²) in [6.07, 6.45) is 1.03. The minimum absolute atomic E-state index is 0.273. The lowest BCUT2D eigenvalue weighted by atomic mass is 10.1. The topological polar surface area (TPSA) is 29.3 Å². The summed E-state index contributed by atoms with van der Waals surface area (Å²) in [5.74, 6) is 0.748. The standard InChI is InChI=1S/C19H19FN2O/c1-13-4-2-3-5-14(13)11-22-9-8-15(12-22)19-21-17-10-16(20)6-7-18(17)23-19/h2-7,10,15H,8-9,11-12H2,1H3/t15-/m0/s1. The molecule has 1 aromatic heterocycles. The van der Waals surface area contributed by atoms with Crippen LogP contribution in [-0.2, 0) is 6.54 Å². The lowest BCUT2D eigenvalue weighted by Crippen LogP contribution is -2.20. The van der Waals surface area contributed by atoms with Gasteiger partial charge in [0.25, 0.3) is 0 Å². The van der Waals surface area contributed by atoms with Crippen LogP contribution >= 0.6 is 0 Å². The number of hydrogen-bond acceptors (Lipinski definition) is 3. The number of likely N-dealkylation sites (tertiary alicyclic amines) is 1. The van der Waals surface area contributed by atoms with Crippen molar-refractivity contribution >= 4 is 11.1 Å². The average Bonchev–Trinajstić information content (AvgIpc) is 3.15. The van der Waals surface area contributed by atoms with E-state index in [1.54, 1.807) is 6.07 Å². The number of rotatable bonds is 3. The summed E-state index contributed by atoms with van der Waals surface area (Å²) >= 11 is 0. The van der Waals surface area contributed by atoms with E-state index in [0.29, 0.717) is 11.1 Å². The van der Waals surface area contributed by atoms with Gasteiger partial charge in [0.15, 0.2) is 11.5 Å². The zero-order valence-electron chi connectivity index (χ0n) is 13.1. The van der Waals surface area contributed by atoms with Crippen LogP contribution in [0.1, 0.15) is 29.4 Å². The Morgan fingerprint density at radius 1 is 1.26 bits per heavy atom. The van der Waals surface area contributed by atoms with Gasteiger partial charge in [0, 0.05) is 25.1 Å². The Balaban J connectivity index is 1.50. The zero-order valence-corrected chi connectivity index (χ0v) is 13.1. The van der Waals surface area contributed by atoms with Gasteiger partial charge in [0.05, 0.1) is 0 Å². The normalized spacial score (nSPS) is 18.8. The predicted octanol–water partition coefficient (Wildman–Crippen LogP) is 4.26. The van der Waals surface area contributed by atoms with E-state index < -0.39 is 0 Å². The number of benzene rings is 2. The van der Waals surface area contributed by atoms with E-state index in [4.69, 9.17) is 4.42 Å². The molecular formula is C19H19FN2O. The van der Waals surface area contributed by atoms with Crippen LogP contribution < -0.4 is 0 Å². The van der Waals surface area contributed by atoms with Crippen molar-refractivity contribution in [3.63, 3.8) is 0 Å². The van der Waals surface area contributed by atoms with Gasteiger partial charge in [0.2, 0.25) is 0 Å². The molecule has 1 fully saturated rings. The van der Waals surface area contributed by atoms with Crippen LogP contribution in [0.5, 0.6) is 0 Å². The van der Waals surface area contributed by atoms with Crippen LogP contribution in [-0.4, -0.2) is 23.0 Å². The smallest absolute Gasteiger partial charge is 0.199 e. The number of aromatic nitrogens is 1. The molecule has 3 aromatic rings. The Morgan fingerprint density at radius 3 is 3.00 bits per heavy atom. The van der Waals surface area contributed by atoms with Crippen LogP contribution in [0.2, 0.25) is 0 Å². The van der Waals surface area contributed by atoms with Crippen molar-refractivity contribution in [2.24, 2.45) is 0 Å². The maximum atomic E-state index is 13.3. The van der Waals surface area contributed by atoms with Gasteiger partial charge in [-0.2, -0.15) is 0 Å². The van der Waals surface area contributed by atoms with Crippen molar-refractivity contribution in [2.45, 2.75) is 25.8 Å². The number of nitrogens with zero attached hydrogens (tertiary/aromatic N) is 2. The molecule has 1 saturated heterocycles. The van der Waals surface area contributed by atoms with Crippen molar-refractivity contribution in [3.8, 4) is 0 Å². The summed E-state index contributed by atoms with van der Waals surface area (Å²) < 4.78 is 19.1. The molecule has 1 aliphatic rings. The maximum absolute atomic E-state index is 13.3. The molecule has 0 saturated carbocycles. The summed E-state index contributed by atoms with van der Waals surface area (Å²) in [6, 6.07) is 13.0. The molecular weight excluding hydrogens is 291 g/mol. The minimum Gasteiger partial charge on any atom is -0.440 e. The van der Waals surface area contributed by atoms with E-state index in [1.807, 2.05) is 0 Å². The van der Waals surface area contributed by atoms with Crippen molar-refractivity contribution in [3.05, 3.63) is 65.3 Å². The highest BCUT2D eigenvalue weighted by atomic mass is 19.1. The molecule has 0 spiro atoms. The Hall–Kier alpha value is -2.20. The molecule has 3 nitrogen and oxygen atoms in total. The van der Waals surface area contributed by atoms with Crippen molar-refractivity contribution in [2.75, 3.05) is 13.1 Å². The van der Waals surface area contributed by atoms with E-state index in [-0.39, 0.29) is 11.7 Å². The van der Waals surface area contributed by atoms with E-state index in [0.717, 1.165) is 31.9 Å². The average molecular weight is 310 g/mol. The maximum Gasteiger partial charge on any atom is 0.199 e. The monoisotopic (exact) mass is 310 g/mol. The molecule has 0 N–H and O–H groups in total. The number of hydrogen-bond donors (Lipinski definition) is 0. The number of oxazole rings is 1. The number of halogens is 1. The van der Waals surface area contributed by atoms with Gasteiger partial charge in [0.1, 0.15) is 11.3 Å². The number of aryl methyl sites for hydroxylation is 1. The Morgan fingerprint density at radius 2 is 2.13 bits per heavy atom. The molecule has 118 valence electrons. The molecule has 1 atom stereocenters. The summed E-state index contributed by atoms with van der Waals surface area (Å²) in [5, 5.41) is 0. The van der Waals surface area contributed by atoms with Crippen LogP contribution in [0.4, 0.5) is 4.39 Å². The lowest BCUT2D eigenvalue weighted by molar-refractivity contribution is 0.320. The predicted molar refractivity (Wildman–Crippen MR) is 87.8 cm³/mol. The highest BCUT2D eigenvalue weighted by molar-refractivity contribution is 5.72. The van der Waals surface area contributed by atoms with Gasteiger partial charge < -0.3 is 4.42 Å². The summed E-state index contributed by atoms with van der Waals surface area (Å²) in [4.78, 5) is 6.91. The highest BCUT2D eigenvalue weighted by Gasteiger charge is 2.28. The fourth-order valence-electron chi connectivity index (χ4n) is 3.30. The van der Waals surface area contributed by atoms with Gasteiger partial charge in [-0.05, 0) is 43.1 Å². The van der Waals surface area contributed by atoms with Crippen LogP contribution in [0, 0.1) is 12.7 Å². The molecule has 4 rings (SSSR count). The molecule has 0 bridgehead atoms. The van der Waals surface area contributed by atoms with Gasteiger partial charge in [-0.1, -0.05) is 24.3 Å². The van der Waals surface area contributed by atoms with Gasteiger partial charge in [-0.3, -0.25) is 4.90 Å². The first kappa shape index (κ1) is 14.4. The fourth-order valence-corrected chi connectivity index (χ4v) is 3.30. The first-order valence-corrected chi connectivity index (χ1v) is 8.02. The van der Waals surface area contributed by atoms with Crippen LogP contribution in [0.25, 0.3) is 11.1 Å². The Bertz CT molecular complexity index is 842. The zero-order chi connectivity index (χ0) is 15.8. The molecule has 23 heavy (non-hydrogen) atoms. The van der Waals surface area contributed by atoms with E-state index >= 15 is 0 Å². The molecule has 2 heterocycles. The molecule has 0 aliphatic carbocycles. The molecule has 0 amide bonds. The van der Waals surface area contributed by atoms with Gasteiger partial charge in [-0.15, -0.1) is 0 Å². The first-order chi connectivity index (χ1) is 11.2. The fraction of sp³-hybridized carbons (Fsp3) is 0.316. The number of fused-ring (bicyclic) bond motifs is 1. The molecule has 4 heteroatoms. The molecule has 2 aromatic carbocycles. The second-order valence-electron chi connectivity index (χ2n) is 6.31. The van der Waals surface area contributed by atoms with Crippen molar-refractivity contribution in [1.29, 1.82) is 0 Å². The van der Waals surface area contributed by atoms with Gasteiger partial charge in [-0.25, -0.2) is 9.37 Å². The molecule has 1 aliphatic heterocycles. The van der Waals surface area contributed by atoms with Gasteiger partial charge >= 0.3 is 0 Å². The molecule has 0 unspecified atom stereocenters. The Kier molecular flexibility index (Phi) is 3.62. The molecule has 0 radical (unpaired) electrons. The van der Waals surface area contributed by atoms with Crippen molar-refractivity contribution < 1.29 is 8.81 Å². The summed E-state index contributed by atoms with van der Waals surface area (Å²) in [7, 11) is 0. The summed E-state index contributed by atoms with van der Waals surface area (Å²) in [6.45, 7) is 5.08. The lowest BCUT2D eigenvalue weighted by Gasteiger charge is -2.16. The van der Waals surface area contributed by atoms with Crippen LogP contribution in [0.15, 0.2) is 46.9 Å². The van der Waals surface area contributed by atoms with E-state index in [2.05, 4.69) is 41.1 Å². The highest BCUT2D eigenvalue weighted by Crippen LogP contribution is 2.30. The van der Waals surface area contributed by atoms with Crippen LogP contribution in [0.3, 0.4) is 0 Å². The third-order valence-electron chi connectivity index (χ3n) is 4.64. The minimum atomic E-state index is -0.273. The largest absolute Gasteiger partial charge is 0.440 e. The van der Waals surface area contributed by atoms with Crippen molar-refractivity contribution in [1.82, 2.24) is 9.88 Å². The van der Waals surface area contributed by atoms with E-state index in [1.165, 1.54) is 23.3 Å².